The van der Waals surface area contributed by atoms with E-state index in [4.69, 9.17) is 11.6 Å². The minimum atomic E-state index is -3.91. The quantitative estimate of drug-likeness (QED) is 0.723. The van der Waals surface area contributed by atoms with E-state index in [0.29, 0.717) is 11.1 Å². The first-order chi connectivity index (χ1) is 12.6. The summed E-state index contributed by atoms with van der Waals surface area (Å²) in [5, 5.41) is -0.496. The van der Waals surface area contributed by atoms with Crippen molar-refractivity contribution >= 4 is 31.5 Å². The zero-order valence-corrected chi connectivity index (χ0v) is 16.4. The number of rotatable bonds is 5. The molecule has 1 atom stereocenters. The summed E-state index contributed by atoms with van der Waals surface area (Å²) in [5.41, 5.74) is -0.0310. The summed E-state index contributed by atoms with van der Waals surface area (Å²) < 4.78 is 78.1. The van der Waals surface area contributed by atoms with Crippen molar-refractivity contribution in [3.63, 3.8) is 0 Å². The first-order valence-corrected chi connectivity index (χ1v) is 11.5. The Labute approximate surface area is 161 Å². The highest BCUT2D eigenvalue weighted by Crippen LogP contribution is 2.27. The fraction of sp³-hybridized carbons (Fsp3) is 0.294. The van der Waals surface area contributed by atoms with E-state index < -0.39 is 42.5 Å². The molecule has 1 heterocycles. The van der Waals surface area contributed by atoms with Crippen molar-refractivity contribution in [1.29, 1.82) is 0 Å². The number of benzene rings is 2. The fourth-order valence-electron chi connectivity index (χ4n) is 3.02. The molecule has 0 radical (unpaired) electrons. The molecule has 146 valence electrons. The van der Waals surface area contributed by atoms with Crippen molar-refractivity contribution in [2.45, 2.75) is 22.3 Å². The molecule has 1 aliphatic rings. The van der Waals surface area contributed by atoms with Gasteiger partial charge >= 0.3 is 0 Å². The molecule has 0 aliphatic carbocycles. The zero-order chi connectivity index (χ0) is 19.8. The average molecular weight is 436 g/mol. The van der Waals surface area contributed by atoms with Crippen LogP contribution in [0, 0.1) is 11.6 Å². The molecule has 0 spiro atoms. The van der Waals surface area contributed by atoms with Gasteiger partial charge in [-0.25, -0.2) is 29.9 Å². The van der Waals surface area contributed by atoms with Crippen LogP contribution in [0.25, 0.3) is 0 Å². The van der Waals surface area contributed by atoms with Crippen LogP contribution in [0.2, 0.25) is 5.02 Å². The summed E-state index contributed by atoms with van der Waals surface area (Å²) in [7, 11) is -7.63. The van der Waals surface area contributed by atoms with Gasteiger partial charge in [0.05, 0.1) is 15.9 Å². The summed E-state index contributed by atoms with van der Waals surface area (Å²) in [6.07, 6.45) is 0.141. The Morgan fingerprint density at radius 3 is 2.19 bits per heavy atom. The van der Waals surface area contributed by atoms with Gasteiger partial charge in [-0.15, -0.1) is 0 Å². The van der Waals surface area contributed by atoms with Gasteiger partial charge in [-0.3, -0.25) is 0 Å². The zero-order valence-electron chi connectivity index (χ0n) is 14.0. The Morgan fingerprint density at radius 1 is 1.00 bits per heavy atom. The molecular formula is C17H16ClF2NO4S2. The van der Waals surface area contributed by atoms with Crippen molar-refractivity contribution < 1.29 is 25.6 Å². The predicted octanol–water partition coefficient (Wildman–Crippen LogP) is 3.00. The van der Waals surface area contributed by atoms with Gasteiger partial charge in [0.25, 0.3) is 0 Å². The maximum absolute atomic E-state index is 13.3. The second kappa shape index (κ2) is 7.46. The van der Waals surface area contributed by atoms with E-state index in [0.717, 1.165) is 16.4 Å². The number of sulfonamides is 1. The van der Waals surface area contributed by atoms with E-state index in [9.17, 15) is 25.6 Å². The molecule has 1 fully saturated rings. The van der Waals surface area contributed by atoms with Gasteiger partial charge in [0.15, 0.2) is 9.84 Å². The summed E-state index contributed by atoms with van der Waals surface area (Å²) in [4.78, 5) is 0.0725. The van der Waals surface area contributed by atoms with Crippen LogP contribution in [0.1, 0.15) is 12.0 Å². The van der Waals surface area contributed by atoms with E-state index >= 15 is 0 Å². The molecule has 2 aromatic rings. The van der Waals surface area contributed by atoms with Crippen LogP contribution in [-0.2, 0) is 25.6 Å². The summed E-state index contributed by atoms with van der Waals surface area (Å²) in [6, 6.07) is 8.21. The molecule has 0 saturated carbocycles. The lowest BCUT2D eigenvalue weighted by Crippen LogP contribution is -2.32. The van der Waals surface area contributed by atoms with Gasteiger partial charge in [-0.05, 0) is 48.4 Å². The lowest BCUT2D eigenvalue weighted by Gasteiger charge is -2.17. The third kappa shape index (κ3) is 4.48. The van der Waals surface area contributed by atoms with Crippen LogP contribution in [0.3, 0.4) is 0 Å². The maximum Gasteiger partial charge on any atom is 0.218 e. The number of hydrogen-bond donors (Lipinski definition) is 0. The van der Waals surface area contributed by atoms with Gasteiger partial charge in [-0.1, -0.05) is 11.6 Å². The highest BCUT2D eigenvalue weighted by Gasteiger charge is 2.39. The lowest BCUT2D eigenvalue weighted by atomic mass is 10.2. The van der Waals surface area contributed by atoms with Crippen molar-refractivity contribution in [2.75, 3.05) is 13.1 Å². The monoisotopic (exact) mass is 435 g/mol. The van der Waals surface area contributed by atoms with E-state index in [1.807, 2.05) is 0 Å². The predicted molar refractivity (Wildman–Crippen MR) is 97.6 cm³/mol. The highest BCUT2D eigenvalue weighted by atomic mass is 35.5. The fourth-order valence-corrected chi connectivity index (χ4v) is 6.49. The standard InChI is InChI=1S/C17H16ClF2NO4S2/c18-13-1-3-16(4-2-13)27(24,25)17-5-6-21(10-17)26(22,23)11-12-7-14(19)9-15(20)8-12/h1-4,7-9,17H,5-6,10-11H2. The molecule has 10 heteroatoms. The van der Waals surface area contributed by atoms with Gasteiger partial charge < -0.3 is 0 Å². The van der Waals surface area contributed by atoms with Gasteiger partial charge in [0.2, 0.25) is 10.0 Å². The smallest absolute Gasteiger partial charge is 0.218 e. The lowest BCUT2D eigenvalue weighted by molar-refractivity contribution is 0.475. The molecule has 0 amide bonds. The van der Waals surface area contributed by atoms with Crippen LogP contribution in [0.15, 0.2) is 47.4 Å². The van der Waals surface area contributed by atoms with Crippen molar-refractivity contribution in [1.82, 2.24) is 4.31 Å². The normalized spacial score (nSPS) is 18.7. The number of sulfone groups is 1. The molecule has 3 rings (SSSR count). The molecular weight excluding hydrogens is 420 g/mol. The van der Waals surface area contributed by atoms with E-state index in [1.54, 1.807) is 0 Å². The summed E-state index contributed by atoms with van der Waals surface area (Å²) in [6.45, 7) is -0.178. The SMILES string of the molecule is O=S(=O)(c1ccc(Cl)cc1)C1CCN(S(=O)(=O)Cc2cc(F)cc(F)c2)C1. The highest BCUT2D eigenvalue weighted by molar-refractivity contribution is 7.92. The molecule has 0 aromatic heterocycles. The molecule has 27 heavy (non-hydrogen) atoms. The van der Waals surface area contributed by atoms with Gasteiger partial charge in [-0.2, -0.15) is 0 Å². The third-order valence-electron chi connectivity index (χ3n) is 4.35. The Hall–Kier alpha value is -1.55. The van der Waals surface area contributed by atoms with Crippen LogP contribution in [0.5, 0.6) is 0 Å². The Kier molecular flexibility index (Phi) is 5.58. The second-order valence-electron chi connectivity index (χ2n) is 6.30. The van der Waals surface area contributed by atoms with Crippen LogP contribution in [-0.4, -0.2) is 39.5 Å². The Bertz CT molecular complexity index is 1040. The molecule has 1 saturated heterocycles. The van der Waals surface area contributed by atoms with Crippen molar-refractivity contribution in [3.05, 3.63) is 64.7 Å². The van der Waals surface area contributed by atoms with Crippen LogP contribution < -0.4 is 0 Å². The summed E-state index contributed by atoms with van der Waals surface area (Å²) >= 11 is 5.77. The van der Waals surface area contributed by atoms with Crippen molar-refractivity contribution in [2.24, 2.45) is 0 Å². The molecule has 0 N–H and O–H groups in total. The first kappa shape index (κ1) is 20.2. The third-order valence-corrected chi connectivity index (χ3v) is 8.61. The van der Waals surface area contributed by atoms with Gasteiger partial charge in [0.1, 0.15) is 11.6 Å². The second-order valence-corrected chi connectivity index (χ2v) is 10.9. The molecule has 2 aromatic carbocycles. The van der Waals surface area contributed by atoms with E-state index in [1.165, 1.54) is 24.3 Å². The maximum atomic E-state index is 13.3. The minimum absolute atomic E-state index is 0.0254. The number of nitrogens with zero attached hydrogens (tertiary/aromatic N) is 1. The molecule has 1 aliphatic heterocycles. The van der Waals surface area contributed by atoms with E-state index in [2.05, 4.69) is 0 Å². The summed E-state index contributed by atoms with van der Waals surface area (Å²) in [5.74, 6) is -2.34. The van der Waals surface area contributed by atoms with Crippen LogP contribution >= 0.6 is 11.6 Å². The molecule has 1 unspecified atom stereocenters. The number of hydrogen-bond acceptors (Lipinski definition) is 4. The van der Waals surface area contributed by atoms with Crippen LogP contribution in [0.4, 0.5) is 8.78 Å². The topological polar surface area (TPSA) is 71.5 Å². The number of halogens is 3. The molecule has 0 bridgehead atoms. The largest absolute Gasteiger partial charge is 0.223 e. The minimum Gasteiger partial charge on any atom is -0.223 e. The Balaban J connectivity index is 1.77. The Morgan fingerprint density at radius 2 is 1.59 bits per heavy atom. The first-order valence-electron chi connectivity index (χ1n) is 8.00. The van der Waals surface area contributed by atoms with Crippen molar-refractivity contribution in [3.8, 4) is 0 Å². The van der Waals surface area contributed by atoms with E-state index in [-0.39, 0.29) is 30.0 Å². The van der Waals surface area contributed by atoms with Gasteiger partial charge in [0, 0.05) is 24.2 Å². The molecule has 5 nitrogen and oxygen atoms in total. The average Bonchev–Trinajstić information content (AvgIpc) is 3.05.